The molecular formula is C20H15N3. The normalized spacial score (nSPS) is 10.8. The number of rotatable bonds is 3. The van der Waals surface area contributed by atoms with Crippen molar-refractivity contribution in [3.05, 3.63) is 96.3 Å². The highest BCUT2D eigenvalue weighted by Crippen LogP contribution is 2.26. The van der Waals surface area contributed by atoms with E-state index in [4.69, 9.17) is 5.41 Å². The molecule has 0 amide bonds. The van der Waals surface area contributed by atoms with E-state index in [0.717, 1.165) is 27.8 Å². The lowest BCUT2D eigenvalue weighted by molar-refractivity contribution is 1.04. The maximum absolute atomic E-state index is 8.59. The summed E-state index contributed by atoms with van der Waals surface area (Å²) in [5.41, 5.74) is 3.41. The Kier molecular flexibility index (Phi) is 3.24. The lowest BCUT2D eigenvalue weighted by Crippen LogP contribution is -2.00. The molecule has 0 atom stereocenters. The molecule has 0 saturated carbocycles. The molecule has 3 nitrogen and oxygen atoms in total. The van der Waals surface area contributed by atoms with Crippen LogP contribution in [0.4, 0.5) is 0 Å². The van der Waals surface area contributed by atoms with E-state index in [1.165, 1.54) is 0 Å². The van der Waals surface area contributed by atoms with Crippen molar-refractivity contribution in [3.63, 3.8) is 0 Å². The molecule has 2 aromatic carbocycles. The van der Waals surface area contributed by atoms with E-state index >= 15 is 0 Å². The van der Waals surface area contributed by atoms with Crippen LogP contribution < -0.4 is 0 Å². The van der Waals surface area contributed by atoms with Crippen molar-refractivity contribution in [3.8, 4) is 5.82 Å². The molecule has 0 saturated heterocycles. The third-order valence-electron chi connectivity index (χ3n) is 3.94. The molecule has 0 bridgehead atoms. The van der Waals surface area contributed by atoms with E-state index in [0.29, 0.717) is 5.71 Å². The summed E-state index contributed by atoms with van der Waals surface area (Å²) in [6.07, 6.45) is 3.79. The van der Waals surface area contributed by atoms with Crippen molar-refractivity contribution < 1.29 is 0 Å². The molecule has 0 fully saturated rings. The molecular weight excluding hydrogens is 282 g/mol. The summed E-state index contributed by atoms with van der Waals surface area (Å²) in [5, 5.41) is 9.66. The van der Waals surface area contributed by atoms with Crippen LogP contribution in [0.5, 0.6) is 0 Å². The third kappa shape index (κ3) is 2.32. The average Bonchev–Trinajstić information content (AvgIpc) is 3.02. The van der Waals surface area contributed by atoms with Gasteiger partial charge in [-0.15, -0.1) is 0 Å². The Hall–Kier alpha value is -3.20. The fraction of sp³-hybridized carbons (Fsp3) is 0. The molecule has 4 rings (SSSR count). The van der Waals surface area contributed by atoms with E-state index < -0.39 is 0 Å². The Labute approximate surface area is 134 Å². The van der Waals surface area contributed by atoms with Crippen LogP contribution in [0, 0.1) is 5.41 Å². The number of nitrogens with zero attached hydrogens (tertiary/aromatic N) is 2. The minimum atomic E-state index is 0.525. The van der Waals surface area contributed by atoms with Gasteiger partial charge >= 0.3 is 0 Å². The van der Waals surface area contributed by atoms with Gasteiger partial charge < -0.3 is 4.57 Å². The van der Waals surface area contributed by atoms with E-state index in [1.54, 1.807) is 6.20 Å². The summed E-state index contributed by atoms with van der Waals surface area (Å²) < 4.78 is 2.04. The molecule has 0 aliphatic rings. The predicted molar refractivity (Wildman–Crippen MR) is 93.4 cm³/mol. The summed E-state index contributed by atoms with van der Waals surface area (Å²) in [6, 6.07) is 23.8. The zero-order valence-electron chi connectivity index (χ0n) is 12.5. The van der Waals surface area contributed by atoms with E-state index in [1.807, 2.05) is 71.4 Å². The Morgan fingerprint density at radius 1 is 0.826 bits per heavy atom. The van der Waals surface area contributed by atoms with Gasteiger partial charge in [0.25, 0.3) is 0 Å². The van der Waals surface area contributed by atoms with Gasteiger partial charge in [-0.2, -0.15) is 0 Å². The van der Waals surface area contributed by atoms with Crippen molar-refractivity contribution in [1.82, 2.24) is 9.55 Å². The zero-order valence-corrected chi connectivity index (χ0v) is 12.5. The van der Waals surface area contributed by atoms with Crippen LogP contribution >= 0.6 is 0 Å². The fourth-order valence-corrected chi connectivity index (χ4v) is 2.82. The lowest BCUT2D eigenvalue weighted by Gasteiger charge is -2.03. The molecule has 4 aromatic rings. The van der Waals surface area contributed by atoms with Crippen molar-refractivity contribution in [1.29, 1.82) is 5.41 Å². The second-order valence-electron chi connectivity index (χ2n) is 5.36. The summed E-state index contributed by atoms with van der Waals surface area (Å²) in [5.74, 6) is 0.857. The minimum absolute atomic E-state index is 0.525. The first-order valence-corrected chi connectivity index (χ1v) is 7.50. The maximum Gasteiger partial charge on any atom is 0.137 e. The number of nitrogens with one attached hydrogen (secondary N) is 1. The predicted octanol–water partition coefficient (Wildman–Crippen LogP) is 4.44. The second-order valence-corrected chi connectivity index (χ2v) is 5.36. The first kappa shape index (κ1) is 13.5. The van der Waals surface area contributed by atoms with Gasteiger partial charge in [-0.25, -0.2) is 4.98 Å². The number of hydrogen-bond acceptors (Lipinski definition) is 2. The fourth-order valence-electron chi connectivity index (χ4n) is 2.82. The van der Waals surface area contributed by atoms with Gasteiger partial charge in [0.15, 0.2) is 0 Å². The smallest absolute Gasteiger partial charge is 0.137 e. The third-order valence-corrected chi connectivity index (χ3v) is 3.94. The molecule has 2 aromatic heterocycles. The average molecular weight is 297 g/mol. The van der Waals surface area contributed by atoms with Crippen molar-refractivity contribution in [2.45, 2.75) is 0 Å². The number of fused-ring (bicyclic) bond motifs is 1. The minimum Gasteiger partial charge on any atom is -0.301 e. The van der Waals surface area contributed by atoms with Crippen LogP contribution in [0.15, 0.2) is 85.2 Å². The Bertz CT molecular complexity index is 970. The Morgan fingerprint density at radius 2 is 1.57 bits per heavy atom. The van der Waals surface area contributed by atoms with Gasteiger partial charge in [-0.3, -0.25) is 5.41 Å². The van der Waals surface area contributed by atoms with Gasteiger partial charge in [0.05, 0.1) is 11.2 Å². The SMILES string of the molecule is N=C(c1ccccc1)c1cn(-c2ccccn2)c2ccccc12. The van der Waals surface area contributed by atoms with Gasteiger partial charge in [0, 0.05) is 28.9 Å². The highest BCUT2D eigenvalue weighted by molar-refractivity contribution is 6.18. The van der Waals surface area contributed by atoms with E-state index in [2.05, 4.69) is 17.1 Å². The largest absolute Gasteiger partial charge is 0.301 e. The highest BCUT2D eigenvalue weighted by Gasteiger charge is 2.14. The van der Waals surface area contributed by atoms with Crippen LogP contribution in [0.25, 0.3) is 16.7 Å². The highest BCUT2D eigenvalue weighted by atomic mass is 15.0. The van der Waals surface area contributed by atoms with Gasteiger partial charge in [0.2, 0.25) is 0 Å². The number of para-hydroxylation sites is 1. The van der Waals surface area contributed by atoms with Crippen LogP contribution in [-0.2, 0) is 0 Å². The van der Waals surface area contributed by atoms with Gasteiger partial charge in [0.1, 0.15) is 5.82 Å². The number of hydrogen-bond donors (Lipinski definition) is 1. The molecule has 0 radical (unpaired) electrons. The second kappa shape index (κ2) is 5.54. The summed E-state index contributed by atoms with van der Waals surface area (Å²) in [4.78, 5) is 4.44. The molecule has 0 unspecified atom stereocenters. The first-order chi connectivity index (χ1) is 11.3. The lowest BCUT2D eigenvalue weighted by atomic mass is 10.0. The molecule has 23 heavy (non-hydrogen) atoms. The first-order valence-electron chi connectivity index (χ1n) is 7.50. The van der Waals surface area contributed by atoms with E-state index in [-0.39, 0.29) is 0 Å². The molecule has 1 N–H and O–H groups in total. The maximum atomic E-state index is 8.59. The van der Waals surface area contributed by atoms with Crippen LogP contribution in [0.2, 0.25) is 0 Å². The Morgan fingerprint density at radius 3 is 2.35 bits per heavy atom. The van der Waals surface area contributed by atoms with Crippen LogP contribution in [0.3, 0.4) is 0 Å². The molecule has 0 aliphatic heterocycles. The molecule has 0 spiro atoms. The topological polar surface area (TPSA) is 41.7 Å². The quantitative estimate of drug-likeness (QED) is 0.558. The van der Waals surface area contributed by atoms with Crippen molar-refractivity contribution >= 4 is 16.6 Å². The Balaban J connectivity index is 1.94. The number of pyridine rings is 1. The van der Waals surface area contributed by atoms with Gasteiger partial charge in [-0.1, -0.05) is 54.6 Å². The summed E-state index contributed by atoms with van der Waals surface area (Å²) in [7, 11) is 0. The molecule has 0 aliphatic carbocycles. The standard InChI is InChI=1S/C20H15N3/c21-20(15-8-2-1-3-9-15)17-14-23(19-12-6-7-13-22-19)18-11-5-4-10-16(17)18/h1-14,21H. The zero-order chi connectivity index (χ0) is 15.6. The number of aromatic nitrogens is 2. The van der Waals surface area contributed by atoms with E-state index in [9.17, 15) is 0 Å². The molecule has 110 valence electrons. The molecule has 2 heterocycles. The van der Waals surface area contributed by atoms with Gasteiger partial charge in [-0.05, 0) is 18.2 Å². The van der Waals surface area contributed by atoms with Crippen molar-refractivity contribution in [2.24, 2.45) is 0 Å². The monoisotopic (exact) mass is 297 g/mol. The molecule has 3 heteroatoms. The van der Waals surface area contributed by atoms with Crippen LogP contribution in [-0.4, -0.2) is 15.3 Å². The summed E-state index contributed by atoms with van der Waals surface area (Å²) in [6.45, 7) is 0. The number of benzene rings is 2. The van der Waals surface area contributed by atoms with Crippen molar-refractivity contribution in [2.75, 3.05) is 0 Å². The van der Waals surface area contributed by atoms with Crippen LogP contribution in [0.1, 0.15) is 11.1 Å². The summed E-state index contributed by atoms with van der Waals surface area (Å²) >= 11 is 0.